The second kappa shape index (κ2) is 4.82. The summed E-state index contributed by atoms with van der Waals surface area (Å²) in [5, 5.41) is 3.32. The van der Waals surface area contributed by atoms with E-state index >= 15 is 0 Å². The van der Waals surface area contributed by atoms with Gasteiger partial charge in [0, 0.05) is 11.9 Å². The van der Waals surface area contributed by atoms with Gasteiger partial charge in [-0.1, -0.05) is 12.1 Å². The SMILES string of the molecule is Cc1cccc(NCc2nccc(N)n2)c1C. The molecule has 0 aliphatic rings. The van der Waals surface area contributed by atoms with Gasteiger partial charge in [0.15, 0.2) is 0 Å². The van der Waals surface area contributed by atoms with Crippen molar-refractivity contribution < 1.29 is 0 Å². The van der Waals surface area contributed by atoms with Crippen LogP contribution in [0.4, 0.5) is 11.5 Å². The van der Waals surface area contributed by atoms with E-state index in [-0.39, 0.29) is 0 Å². The monoisotopic (exact) mass is 228 g/mol. The molecule has 0 unspecified atom stereocenters. The fraction of sp³-hybridized carbons (Fsp3) is 0.231. The summed E-state index contributed by atoms with van der Waals surface area (Å²) in [7, 11) is 0. The van der Waals surface area contributed by atoms with Gasteiger partial charge in [-0.15, -0.1) is 0 Å². The molecule has 4 nitrogen and oxygen atoms in total. The van der Waals surface area contributed by atoms with Crippen LogP contribution in [-0.4, -0.2) is 9.97 Å². The van der Waals surface area contributed by atoms with Crippen molar-refractivity contribution in [3.05, 3.63) is 47.4 Å². The highest BCUT2D eigenvalue weighted by atomic mass is 15.0. The summed E-state index contributed by atoms with van der Waals surface area (Å²) in [5.74, 6) is 1.20. The molecule has 0 saturated heterocycles. The Morgan fingerprint density at radius 3 is 2.82 bits per heavy atom. The minimum Gasteiger partial charge on any atom is -0.384 e. The van der Waals surface area contributed by atoms with E-state index < -0.39 is 0 Å². The van der Waals surface area contributed by atoms with Crippen molar-refractivity contribution in [1.29, 1.82) is 0 Å². The van der Waals surface area contributed by atoms with Gasteiger partial charge in [0.05, 0.1) is 6.54 Å². The molecule has 17 heavy (non-hydrogen) atoms. The van der Waals surface area contributed by atoms with Crippen LogP contribution in [0.5, 0.6) is 0 Å². The number of nitrogens with two attached hydrogens (primary N) is 1. The number of rotatable bonds is 3. The predicted octanol–water partition coefficient (Wildman–Crippen LogP) is 2.29. The Labute approximate surface area is 101 Å². The Morgan fingerprint density at radius 2 is 2.06 bits per heavy atom. The standard InChI is InChI=1S/C13H16N4/c1-9-4-3-5-11(10(9)2)16-8-13-15-7-6-12(14)17-13/h3-7,16H,8H2,1-2H3,(H2,14,15,17). The number of aromatic nitrogens is 2. The molecule has 2 aromatic rings. The van der Waals surface area contributed by atoms with Crippen LogP contribution in [0, 0.1) is 13.8 Å². The maximum absolute atomic E-state index is 5.60. The van der Waals surface area contributed by atoms with E-state index in [2.05, 4.69) is 41.3 Å². The van der Waals surface area contributed by atoms with Crippen LogP contribution in [0.1, 0.15) is 17.0 Å². The summed E-state index contributed by atoms with van der Waals surface area (Å²) in [6, 6.07) is 7.86. The van der Waals surface area contributed by atoms with E-state index in [9.17, 15) is 0 Å². The van der Waals surface area contributed by atoms with E-state index in [0.717, 1.165) is 5.69 Å². The van der Waals surface area contributed by atoms with Crippen LogP contribution >= 0.6 is 0 Å². The average molecular weight is 228 g/mol. The zero-order valence-corrected chi connectivity index (χ0v) is 10.1. The largest absolute Gasteiger partial charge is 0.384 e. The molecule has 1 aromatic heterocycles. The molecule has 0 aliphatic heterocycles. The molecule has 0 bridgehead atoms. The molecular weight excluding hydrogens is 212 g/mol. The number of nitrogens with zero attached hydrogens (tertiary/aromatic N) is 2. The lowest BCUT2D eigenvalue weighted by atomic mass is 10.1. The first kappa shape index (κ1) is 11.4. The lowest BCUT2D eigenvalue weighted by molar-refractivity contribution is 0.952. The van der Waals surface area contributed by atoms with Crippen molar-refractivity contribution in [2.24, 2.45) is 0 Å². The van der Waals surface area contributed by atoms with Crippen LogP contribution in [0.3, 0.4) is 0 Å². The van der Waals surface area contributed by atoms with E-state index in [0.29, 0.717) is 18.2 Å². The van der Waals surface area contributed by atoms with Gasteiger partial charge in [-0.05, 0) is 37.1 Å². The molecule has 0 saturated carbocycles. The number of nitrogens with one attached hydrogen (secondary N) is 1. The van der Waals surface area contributed by atoms with E-state index in [4.69, 9.17) is 5.73 Å². The Balaban J connectivity index is 2.10. The molecule has 0 fully saturated rings. The van der Waals surface area contributed by atoms with Crippen LogP contribution < -0.4 is 11.1 Å². The second-order valence-electron chi connectivity index (χ2n) is 4.00. The molecule has 88 valence electrons. The quantitative estimate of drug-likeness (QED) is 0.846. The minimum atomic E-state index is 0.498. The van der Waals surface area contributed by atoms with Crippen LogP contribution in [0.2, 0.25) is 0 Å². The molecule has 4 heteroatoms. The smallest absolute Gasteiger partial charge is 0.149 e. The molecule has 0 atom stereocenters. The molecule has 2 rings (SSSR count). The minimum absolute atomic E-state index is 0.498. The Hall–Kier alpha value is -2.10. The summed E-state index contributed by atoms with van der Waals surface area (Å²) in [4.78, 5) is 8.30. The first-order valence-corrected chi connectivity index (χ1v) is 5.54. The lowest BCUT2D eigenvalue weighted by Crippen LogP contribution is -2.06. The number of benzene rings is 1. The van der Waals surface area contributed by atoms with Gasteiger partial charge in [0.1, 0.15) is 11.6 Å². The number of hydrogen-bond donors (Lipinski definition) is 2. The molecule has 0 amide bonds. The van der Waals surface area contributed by atoms with E-state index in [1.165, 1.54) is 11.1 Å². The fourth-order valence-electron chi connectivity index (χ4n) is 1.62. The zero-order valence-electron chi connectivity index (χ0n) is 10.1. The molecular formula is C13H16N4. The molecule has 3 N–H and O–H groups in total. The van der Waals surface area contributed by atoms with Crippen molar-refractivity contribution in [3.63, 3.8) is 0 Å². The summed E-state index contributed by atoms with van der Waals surface area (Å²) in [5.41, 5.74) is 9.22. The molecule has 1 heterocycles. The third kappa shape index (κ3) is 2.72. The van der Waals surface area contributed by atoms with Gasteiger partial charge in [0.25, 0.3) is 0 Å². The maximum Gasteiger partial charge on any atom is 0.149 e. The lowest BCUT2D eigenvalue weighted by Gasteiger charge is -2.10. The average Bonchev–Trinajstić information content (AvgIpc) is 2.31. The van der Waals surface area contributed by atoms with Gasteiger partial charge in [-0.3, -0.25) is 0 Å². The summed E-state index contributed by atoms with van der Waals surface area (Å²) >= 11 is 0. The Morgan fingerprint density at radius 1 is 1.24 bits per heavy atom. The van der Waals surface area contributed by atoms with E-state index in [1.807, 2.05) is 6.07 Å². The first-order valence-electron chi connectivity index (χ1n) is 5.54. The number of hydrogen-bond acceptors (Lipinski definition) is 4. The number of anilines is 2. The van der Waals surface area contributed by atoms with Crippen LogP contribution in [0.25, 0.3) is 0 Å². The van der Waals surface area contributed by atoms with Gasteiger partial charge in [0.2, 0.25) is 0 Å². The highest BCUT2D eigenvalue weighted by Crippen LogP contribution is 2.18. The highest BCUT2D eigenvalue weighted by Gasteiger charge is 2.01. The van der Waals surface area contributed by atoms with Crippen LogP contribution in [0.15, 0.2) is 30.5 Å². The Kier molecular flexibility index (Phi) is 3.23. The van der Waals surface area contributed by atoms with Crippen molar-refractivity contribution in [1.82, 2.24) is 9.97 Å². The first-order chi connectivity index (χ1) is 8.16. The topological polar surface area (TPSA) is 63.8 Å². The van der Waals surface area contributed by atoms with Gasteiger partial charge >= 0.3 is 0 Å². The molecule has 0 spiro atoms. The summed E-state index contributed by atoms with van der Waals surface area (Å²) in [6.45, 7) is 4.77. The van der Waals surface area contributed by atoms with Crippen molar-refractivity contribution >= 4 is 11.5 Å². The summed E-state index contributed by atoms with van der Waals surface area (Å²) in [6.07, 6.45) is 1.67. The van der Waals surface area contributed by atoms with Crippen LogP contribution in [-0.2, 0) is 6.54 Å². The third-order valence-corrected chi connectivity index (χ3v) is 2.77. The van der Waals surface area contributed by atoms with Crippen molar-refractivity contribution in [3.8, 4) is 0 Å². The van der Waals surface area contributed by atoms with Crippen molar-refractivity contribution in [2.75, 3.05) is 11.1 Å². The third-order valence-electron chi connectivity index (χ3n) is 2.77. The van der Waals surface area contributed by atoms with E-state index in [1.54, 1.807) is 12.3 Å². The van der Waals surface area contributed by atoms with Crippen molar-refractivity contribution in [2.45, 2.75) is 20.4 Å². The maximum atomic E-state index is 5.60. The predicted molar refractivity (Wildman–Crippen MR) is 69.7 cm³/mol. The Bertz CT molecular complexity index is 523. The molecule has 1 aromatic carbocycles. The van der Waals surface area contributed by atoms with Gasteiger partial charge < -0.3 is 11.1 Å². The molecule has 0 radical (unpaired) electrons. The van der Waals surface area contributed by atoms with Gasteiger partial charge in [-0.25, -0.2) is 9.97 Å². The zero-order chi connectivity index (χ0) is 12.3. The molecule has 0 aliphatic carbocycles. The highest BCUT2D eigenvalue weighted by molar-refractivity contribution is 5.53. The van der Waals surface area contributed by atoms with Gasteiger partial charge in [-0.2, -0.15) is 0 Å². The second-order valence-corrected chi connectivity index (χ2v) is 4.00. The number of nitrogen functional groups attached to an aromatic ring is 1. The normalized spacial score (nSPS) is 10.2. The summed E-state index contributed by atoms with van der Waals surface area (Å²) < 4.78 is 0. The number of aryl methyl sites for hydroxylation is 1. The fourth-order valence-corrected chi connectivity index (χ4v) is 1.62.